The van der Waals surface area contributed by atoms with E-state index in [1.807, 2.05) is 0 Å². The summed E-state index contributed by atoms with van der Waals surface area (Å²) in [6.45, 7) is 15.5. The van der Waals surface area contributed by atoms with Crippen LogP contribution in [0.1, 0.15) is 46.2 Å². The molecular weight excluding hydrogens is 431 g/mol. The van der Waals surface area contributed by atoms with Crippen molar-refractivity contribution < 1.29 is 28.6 Å². The van der Waals surface area contributed by atoms with Gasteiger partial charge < -0.3 is 24.0 Å². The predicted molar refractivity (Wildman–Crippen MR) is 109 cm³/mol. The summed E-state index contributed by atoms with van der Waals surface area (Å²) in [5, 5.41) is 0. The second-order valence-corrected chi connectivity index (χ2v) is 7.70. The average Bonchev–Trinajstić information content (AvgIpc) is 2.71. The van der Waals surface area contributed by atoms with Gasteiger partial charge in [0.2, 0.25) is 6.34 Å². The fourth-order valence-corrected chi connectivity index (χ4v) is 4.44. The van der Waals surface area contributed by atoms with Crippen molar-refractivity contribution in [2.45, 2.75) is 54.4 Å². The molecule has 0 N–H and O–H groups in total. The molecule has 0 fully saturated rings. The number of anilines is 1. The number of halogens is 1. The van der Waals surface area contributed by atoms with Crippen molar-refractivity contribution in [2.24, 2.45) is 0 Å². The standard InChI is InChI=1S/C23H31N2.HI/c1-16-11-18(3)22(19(4)12-16)24-9-7-8-10-25(15-24)23-20(5)13-17(2)14-21(23)6;/h11-15H,7-10H2,1-6H3;1H/q+1;/p-1. The van der Waals surface area contributed by atoms with Crippen LogP contribution >= 0.6 is 0 Å². The molecule has 1 aliphatic rings. The highest BCUT2D eigenvalue weighted by Crippen LogP contribution is 2.29. The van der Waals surface area contributed by atoms with Crippen LogP contribution in [0, 0.1) is 41.5 Å². The maximum absolute atomic E-state index is 2.47. The summed E-state index contributed by atoms with van der Waals surface area (Å²) in [7, 11) is 0. The molecule has 1 heterocycles. The van der Waals surface area contributed by atoms with E-state index in [1.165, 1.54) is 57.6 Å². The van der Waals surface area contributed by atoms with E-state index in [2.05, 4.69) is 81.6 Å². The lowest BCUT2D eigenvalue weighted by Gasteiger charge is -2.18. The summed E-state index contributed by atoms with van der Waals surface area (Å²) in [5.74, 6) is 0. The first-order chi connectivity index (χ1) is 11.9. The SMILES string of the molecule is Cc1cc(C)c(N2C=[N+](c3c(C)cc(C)cc3C)CCCC2)c(C)c1.[I-]. The maximum atomic E-state index is 2.47. The smallest absolute Gasteiger partial charge is 0.244 e. The van der Waals surface area contributed by atoms with E-state index < -0.39 is 0 Å². The minimum absolute atomic E-state index is 0. The van der Waals surface area contributed by atoms with Gasteiger partial charge >= 0.3 is 0 Å². The summed E-state index contributed by atoms with van der Waals surface area (Å²) in [6.07, 6.45) is 4.80. The normalized spacial score (nSPS) is 14.5. The molecule has 0 aromatic heterocycles. The minimum Gasteiger partial charge on any atom is -1.00 e. The third kappa shape index (κ3) is 4.30. The van der Waals surface area contributed by atoms with Crippen LogP contribution in [0.2, 0.25) is 0 Å². The minimum atomic E-state index is 0. The summed E-state index contributed by atoms with van der Waals surface area (Å²) < 4.78 is 2.47. The van der Waals surface area contributed by atoms with Crippen LogP contribution in [0.15, 0.2) is 24.3 Å². The molecule has 0 saturated heterocycles. The van der Waals surface area contributed by atoms with Gasteiger partial charge in [0.25, 0.3) is 0 Å². The molecule has 3 heteroatoms. The number of hydrogen-bond acceptors (Lipinski definition) is 1. The van der Waals surface area contributed by atoms with E-state index >= 15 is 0 Å². The Balaban J connectivity index is 0.00000243. The number of benzene rings is 2. The number of nitrogens with zero attached hydrogens (tertiary/aromatic N) is 2. The number of aryl methyl sites for hydroxylation is 6. The second-order valence-electron chi connectivity index (χ2n) is 7.70. The van der Waals surface area contributed by atoms with Crippen molar-refractivity contribution in [3.05, 3.63) is 57.6 Å². The molecule has 0 bridgehead atoms. The lowest BCUT2D eigenvalue weighted by atomic mass is 10.0. The van der Waals surface area contributed by atoms with Crippen LogP contribution in [0.4, 0.5) is 11.4 Å². The van der Waals surface area contributed by atoms with Gasteiger partial charge in [-0.05, 0) is 76.6 Å². The Morgan fingerprint density at radius 3 is 1.77 bits per heavy atom. The maximum Gasteiger partial charge on any atom is 0.244 e. The first-order valence-electron chi connectivity index (χ1n) is 9.41. The Morgan fingerprint density at radius 1 is 0.731 bits per heavy atom. The number of rotatable bonds is 2. The molecule has 0 amide bonds. The third-order valence-electron chi connectivity index (χ3n) is 5.17. The quantitative estimate of drug-likeness (QED) is 0.491. The first-order valence-corrected chi connectivity index (χ1v) is 9.41. The second kappa shape index (κ2) is 8.55. The van der Waals surface area contributed by atoms with Crippen molar-refractivity contribution >= 4 is 17.7 Å². The highest BCUT2D eigenvalue weighted by molar-refractivity contribution is 5.81. The summed E-state index contributed by atoms with van der Waals surface area (Å²) >= 11 is 0. The van der Waals surface area contributed by atoms with Crippen LogP contribution in [0.5, 0.6) is 0 Å². The van der Waals surface area contributed by atoms with Gasteiger partial charge in [-0.15, -0.1) is 0 Å². The highest BCUT2D eigenvalue weighted by Gasteiger charge is 2.23. The molecular formula is C23H31IN2. The first kappa shape index (κ1) is 20.9. The van der Waals surface area contributed by atoms with Crippen molar-refractivity contribution in [3.63, 3.8) is 0 Å². The Kier molecular flexibility index (Phi) is 6.89. The molecule has 26 heavy (non-hydrogen) atoms. The van der Waals surface area contributed by atoms with Gasteiger partial charge in [0.15, 0.2) is 0 Å². The Morgan fingerprint density at radius 2 is 1.23 bits per heavy atom. The lowest BCUT2D eigenvalue weighted by Crippen LogP contribution is -3.00. The molecule has 0 aliphatic carbocycles. The van der Waals surface area contributed by atoms with Crippen molar-refractivity contribution in [1.82, 2.24) is 0 Å². The van der Waals surface area contributed by atoms with Gasteiger partial charge in [0.1, 0.15) is 11.4 Å². The van der Waals surface area contributed by atoms with Crippen LogP contribution < -0.4 is 28.9 Å². The fourth-order valence-electron chi connectivity index (χ4n) is 4.44. The van der Waals surface area contributed by atoms with E-state index in [4.69, 9.17) is 0 Å². The topological polar surface area (TPSA) is 6.25 Å². The third-order valence-corrected chi connectivity index (χ3v) is 5.17. The van der Waals surface area contributed by atoms with Gasteiger partial charge in [-0.2, -0.15) is 0 Å². The van der Waals surface area contributed by atoms with Crippen molar-refractivity contribution in [2.75, 3.05) is 18.0 Å². The molecule has 0 spiro atoms. The monoisotopic (exact) mass is 462 g/mol. The fraction of sp³-hybridized carbons (Fsp3) is 0.435. The zero-order valence-electron chi connectivity index (χ0n) is 17.0. The van der Waals surface area contributed by atoms with E-state index in [-0.39, 0.29) is 24.0 Å². The molecule has 2 aromatic rings. The molecule has 0 saturated carbocycles. The van der Waals surface area contributed by atoms with E-state index in [9.17, 15) is 0 Å². The van der Waals surface area contributed by atoms with Gasteiger partial charge in [-0.3, -0.25) is 0 Å². The Hall–Kier alpha value is -1.36. The molecule has 0 radical (unpaired) electrons. The zero-order valence-corrected chi connectivity index (χ0v) is 19.1. The summed E-state index contributed by atoms with van der Waals surface area (Å²) in [6, 6.07) is 9.20. The molecule has 3 rings (SSSR count). The molecule has 2 aromatic carbocycles. The van der Waals surface area contributed by atoms with E-state index in [1.54, 1.807) is 0 Å². The molecule has 1 aliphatic heterocycles. The van der Waals surface area contributed by atoms with Crippen LogP contribution in [0.25, 0.3) is 0 Å². The van der Waals surface area contributed by atoms with Gasteiger partial charge in [-0.25, -0.2) is 9.48 Å². The van der Waals surface area contributed by atoms with Crippen LogP contribution in [0.3, 0.4) is 0 Å². The molecule has 140 valence electrons. The van der Waals surface area contributed by atoms with E-state index in [0.29, 0.717) is 0 Å². The summed E-state index contributed by atoms with van der Waals surface area (Å²) in [4.78, 5) is 2.47. The number of hydrogen-bond donors (Lipinski definition) is 0. The molecule has 0 atom stereocenters. The van der Waals surface area contributed by atoms with Crippen LogP contribution in [-0.2, 0) is 0 Å². The van der Waals surface area contributed by atoms with Crippen LogP contribution in [-0.4, -0.2) is 24.0 Å². The van der Waals surface area contributed by atoms with Crippen molar-refractivity contribution in [1.29, 1.82) is 0 Å². The Labute approximate surface area is 176 Å². The largest absolute Gasteiger partial charge is 1.00 e. The zero-order chi connectivity index (χ0) is 18.1. The van der Waals surface area contributed by atoms with Gasteiger partial charge in [0.05, 0.1) is 13.1 Å². The lowest BCUT2D eigenvalue weighted by molar-refractivity contribution is -0.437. The summed E-state index contributed by atoms with van der Waals surface area (Å²) in [5.41, 5.74) is 10.9. The van der Waals surface area contributed by atoms with Crippen molar-refractivity contribution in [3.8, 4) is 0 Å². The highest BCUT2D eigenvalue weighted by atomic mass is 127. The predicted octanol–water partition coefficient (Wildman–Crippen LogP) is 2.51. The molecule has 2 nitrogen and oxygen atoms in total. The molecule has 0 unspecified atom stereocenters. The van der Waals surface area contributed by atoms with Gasteiger partial charge in [0, 0.05) is 0 Å². The Bertz CT molecular complexity index is 790. The average molecular weight is 462 g/mol. The van der Waals surface area contributed by atoms with E-state index in [0.717, 1.165) is 13.1 Å². The van der Waals surface area contributed by atoms with Gasteiger partial charge in [-0.1, -0.05) is 35.4 Å².